The van der Waals surface area contributed by atoms with Crippen molar-refractivity contribution in [1.82, 2.24) is 14.5 Å². The topological polar surface area (TPSA) is 101 Å². The quantitative estimate of drug-likeness (QED) is 0.785. The number of nitrogens with two attached hydrogens (primary N) is 1. The normalized spacial score (nSPS) is 21.1. The highest BCUT2D eigenvalue weighted by Crippen LogP contribution is 2.23. The second-order valence-electron chi connectivity index (χ2n) is 4.88. The molecule has 0 spiro atoms. The van der Waals surface area contributed by atoms with Crippen LogP contribution < -0.4 is 5.73 Å². The van der Waals surface area contributed by atoms with Gasteiger partial charge in [0, 0.05) is 25.2 Å². The zero-order valence-corrected chi connectivity index (χ0v) is 11.3. The van der Waals surface area contributed by atoms with Crippen LogP contribution in [0.2, 0.25) is 0 Å². The zero-order chi connectivity index (χ0) is 13.4. The number of nitrogens with one attached hydrogen (secondary N) is 1. The molecule has 1 aromatic heterocycles. The van der Waals surface area contributed by atoms with E-state index < -0.39 is 15.6 Å². The van der Waals surface area contributed by atoms with E-state index in [2.05, 4.69) is 10.2 Å². The molecule has 8 heteroatoms. The smallest absolute Gasteiger partial charge is 0.260 e. The lowest BCUT2D eigenvalue weighted by atomic mass is 10.1. The molecular weight excluding hydrogens is 256 g/mol. The van der Waals surface area contributed by atoms with Crippen LogP contribution in [0.3, 0.4) is 0 Å². The van der Waals surface area contributed by atoms with Gasteiger partial charge in [0.1, 0.15) is 0 Å². The number of nitrogens with zero attached hydrogens (tertiary/aromatic N) is 2. The highest BCUT2D eigenvalue weighted by atomic mass is 32.2. The maximum Gasteiger partial charge on any atom is 0.260 e. The van der Waals surface area contributed by atoms with Crippen LogP contribution in [0.15, 0.2) is 11.2 Å². The molecule has 0 aliphatic carbocycles. The largest absolute Gasteiger partial charge is 0.373 e. The third-order valence-corrected chi connectivity index (χ3v) is 4.75. The first-order valence-corrected chi connectivity index (χ1v) is 7.17. The Morgan fingerprint density at radius 2 is 2.33 bits per heavy atom. The summed E-state index contributed by atoms with van der Waals surface area (Å²) >= 11 is 0. The minimum Gasteiger partial charge on any atom is -0.373 e. The number of hydrogen-bond donors (Lipinski definition) is 2. The third-order valence-electron chi connectivity index (χ3n) is 2.89. The first kappa shape index (κ1) is 13.5. The summed E-state index contributed by atoms with van der Waals surface area (Å²) in [4.78, 5) is 0. The minimum atomic E-state index is -3.58. The maximum atomic E-state index is 12.5. The predicted molar refractivity (Wildman–Crippen MR) is 65.3 cm³/mol. The summed E-state index contributed by atoms with van der Waals surface area (Å²) in [5, 5.41) is 6.36. The second kappa shape index (κ2) is 4.61. The van der Waals surface area contributed by atoms with Gasteiger partial charge in [-0.05, 0) is 13.8 Å². The monoisotopic (exact) mass is 274 g/mol. The molecule has 0 bridgehead atoms. The molecule has 3 N–H and O–H groups in total. The molecule has 102 valence electrons. The highest BCUT2D eigenvalue weighted by molar-refractivity contribution is 7.89. The van der Waals surface area contributed by atoms with Gasteiger partial charge in [-0.15, -0.1) is 0 Å². The van der Waals surface area contributed by atoms with E-state index in [0.717, 1.165) is 0 Å². The summed E-state index contributed by atoms with van der Waals surface area (Å²) in [6, 6.07) is 0. The highest BCUT2D eigenvalue weighted by Gasteiger charge is 2.36. The third kappa shape index (κ3) is 2.41. The number of H-pyrrole nitrogens is 1. The summed E-state index contributed by atoms with van der Waals surface area (Å²) in [7, 11) is -3.58. The van der Waals surface area contributed by atoms with Crippen LogP contribution in [-0.4, -0.2) is 48.2 Å². The van der Waals surface area contributed by atoms with E-state index in [9.17, 15) is 8.42 Å². The summed E-state index contributed by atoms with van der Waals surface area (Å²) in [5.74, 6) is 0. The van der Waals surface area contributed by atoms with Crippen LogP contribution >= 0.6 is 0 Å². The molecule has 0 saturated carbocycles. The van der Waals surface area contributed by atoms with Crippen molar-refractivity contribution >= 4 is 10.0 Å². The molecule has 2 rings (SSSR count). The molecule has 1 fully saturated rings. The first-order chi connectivity index (χ1) is 8.37. The van der Waals surface area contributed by atoms with Crippen molar-refractivity contribution < 1.29 is 13.2 Å². The molecule has 1 aromatic rings. The number of rotatable bonds is 3. The predicted octanol–water partition coefficient (Wildman–Crippen LogP) is -0.332. The van der Waals surface area contributed by atoms with Gasteiger partial charge in [-0.2, -0.15) is 9.40 Å². The Kier molecular flexibility index (Phi) is 3.45. The van der Waals surface area contributed by atoms with Crippen LogP contribution in [0, 0.1) is 0 Å². The molecular formula is C10H18N4O3S. The van der Waals surface area contributed by atoms with Crippen LogP contribution in [0.4, 0.5) is 0 Å². The van der Waals surface area contributed by atoms with Crippen molar-refractivity contribution in [2.75, 3.05) is 19.7 Å². The molecule has 1 saturated heterocycles. The lowest BCUT2D eigenvalue weighted by Gasteiger charge is -2.37. The number of aromatic amines is 1. The Morgan fingerprint density at radius 3 is 2.94 bits per heavy atom. The Morgan fingerprint density at radius 1 is 1.61 bits per heavy atom. The lowest BCUT2D eigenvalue weighted by molar-refractivity contribution is -0.0640. The van der Waals surface area contributed by atoms with Crippen LogP contribution in [0.25, 0.3) is 0 Å². The van der Waals surface area contributed by atoms with E-state index in [-0.39, 0.29) is 11.6 Å². The fourth-order valence-corrected chi connectivity index (χ4v) is 3.66. The van der Waals surface area contributed by atoms with Gasteiger partial charge in [0.15, 0.2) is 5.03 Å². The maximum absolute atomic E-state index is 12.5. The van der Waals surface area contributed by atoms with Gasteiger partial charge in [-0.25, -0.2) is 8.42 Å². The fourth-order valence-electron chi connectivity index (χ4n) is 1.98. The van der Waals surface area contributed by atoms with Crippen molar-refractivity contribution in [3.8, 4) is 0 Å². The summed E-state index contributed by atoms with van der Waals surface area (Å²) in [6.07, 6.45) is 1.44. The van der Waals surface area contributed by atoms with Gasteiger partial charge in [0.05, 0.1) is 18.4 Å². The van der Waals surface area contributed by atoms with Gasteiger partial charge >= 0.3 is 0 Å². The van der Waals surface area contributed by atoms with Crippen molar-refractivity contribution in [2.45, 2.75) is 31.0 Å². The van der Waals surface area contributed by atoms with Crippen molar-refractivity contribution in [3.63, 3.8) is 0 Å². The number of hydrogen-bond acceptors (Lipinski definition) is 5. The number of morpholine rings is 1. The van der Waals surface area contributed by atoms with Gasteiger partial charge < -0.3 is 10.5 Å². The SMILES string of the molecule is CC1(C)CN(S(=O)(=O)c2[nH]ncc2CN)CCO1. The van der Waals surface area contributed by atoms with Crippen molar-refractivity contribution in [1.29, 1.82) is 0 Å². The molecule has 0 unspecified atom stereocenters. The molecule has 0 amide bonds. The van der Waals surface area contributed by atoms with E-state index in [1.165, 1.54) is 10.5 Å². The summed E-state index contributed by atoms with van der Waals surface area (Å²) in [6.45, 7) is 4.92. The van der Waals surface area contributed by atoms with E-state index in [4.69, 9.17) is 10.5 Å². The molecule has 18 heavy (non-hydrogen) atoms. The van der Waals surface area contributed by atoms with Gasteiger partial charge in [-0.1, -0.05) is 0 Å². The Hall–Kier alpha value is -0.960. The first-order valence-electron chi connectivity index (χ1n) is 5.73. The number of ether oxygens (including phenoxy) is 1. The van der Waals surface area contributed by atoms with Gasteiger partial charge in [0.2, 0.25) is 0 Å². The second-order valence-corrected chi connectivity index (χ2v) is 6.75. The van der Waals surface area contributed by atoms with Gasteiger partial charge in [-0.3, -0.25) is 5.10 Å². The van der Waals surface area contributed by atoms with Gasteiger partial charge in [0.25, 0.3) is 10.0 Å². The van der Waals surface area contributed by atoms with Crippen LogP contribution in [0.5, 0.6) is 0 Å². The lowest BCUT2D eigenvalue weighted by Crippen LogP contribution is -2.50. The van der Waals surface area contributed by atoms with Crippen molar-refractivity contribution in [2.24, 2.45) is 5.73 Å². The molecule has 2 heterocycles. The Balaban J connectivity index is 2.32. The van der Waals surface area contributed by atoms with Crippen molar-refractivity contribution in [3.05, 3.63) is 11.8 Å². The molecule has 1 aliphatic heterocycles. The van der Waals surface area contributed by atoms with E-state index in [1.807, 2.05) is 13.8 Å². The summed E-state index contributed by atoms with van der Waals surface area (Å²) < 4.78 is 31.8. The molecule has 0 radical (unpaired) electrons. The molecule has 0 atom stereocenters. The zero-order valence-electron chi connectivity index (χ0n) is 10.5. The average molecular weight is 274 g/mol. The molecule has 0 aromatic carbocycles. The van der Waals surface area contributed by atoms with E-state index in [0.29, 0.717) is 25.3 Å². The number of sulfonamides is 1. The Bertz CT molecular complexity index is 523. The Labute approximate surface area is 106 Å². The van der Waals surface area contributed by atoms with Crippen LogP contribution in [-0.2, 0) is 21.3 Å². The minimum absolute atomic E-state index is 0.0858. The summed E-state index contributed by atoms with van der Waals surface area (Å²) in [5.41, 5.74) is 5.53. The molecule has 7 nitrogen and oxygen atoms in total. The van der Waals surface area contributed by atoms with E-state index >= 15 is 0 Å². The molecule has 1 aliphatic rings. The van der Waals surface area contributed by atoms with E-state index in [1.54, 1.807) is 0 Å². The average Bonchev–Trinajstić information content (AvgIpc) is 2.76. The fraction of sp³-hybridized carbons (Fsp3) is 0.700. The van der Waals surface area contributed by atoms with Crippen LogP contribution in [0.1, 0.15) is 19.4 Å². The number of aromatic nitrogens is 2. The standard InChI is InChI=1S/C10H18N4O3S/c1-10(2)7-14(3-4-17-10)18(15,16)9-8(5-11)6-12-13-9/h6H,3-5,7,11H2,1-2H3,(H,12,13).